The molecule has 0 radical (unpaired) electrons. The average Bonchev–Trinajstić information content (AvgIpc) is 2.94. The Morgan fingerprint density at radius 1 is 1.19 bits per heavy atom. The van der Waals surface area contributed by atoms with Crippen molar-refractivity contribution in [1.29, 1.82) is 0 Å². The fourth-order valence-corrected chi connectivity index (χ4v) is 1.96. The smallest absolute Gasteiger partial charge is 0.337 e. The molecule has 3 aromatic rings. The molecule has 21 heavy (non-hydrogen) atoms. The summed E-state index contributed by atoms with van der Waals surface area (Å²) in [5.74, 6) is -1.54. The maximum atomic E-state index is 12.2. The Morgan fingerprint density at radius 3 is 2.86 bits per heavy atom. The normalized spacial score (nSPS) is 10.5. The Balaban J connectivity index is 1.91. The van der Waals surface area contributed by atoms with E-state index in [0.29, 0.717) is 5.56 Å². The lowest BCUT2D eigenvalue weighted by molar-refractivity contribution is 0.0698. The summed E-state index contributed by atoms with van der Waals surface area (Å²) in [4.78, 5) is 27.1. The number of hydrogen-bond donors (Lipinski definition) is 3. The predicted octanol–water partition coefficient (Wildman–Crippen LogP) is 1.91. The minimum atomic E-state index is -1.13. The van der Waals surface area contributed by atoms with E-state index in [-0.39, 0.29) is 11.3 Å². The van der Waals surface area contributed by atoms with E-state index in [0.717, 1.165) is 10.9 Å². The Bertz CT molecular complexity index is 841. The van der Waals surface area contributed by atoms with E-state index >= 15 is 0 Å². The van der Waals surface area contributed by atoms with Crippen LogP contribution in [-0.4, -0.2) is 32.2 Å². The number of hydrogen-bond acceptors (Lipinski definition) is 4. The first-order valence-electron chi connectivity index (χ1n) is 6.07. The third kappa shape index (κ3) is 2.44. The summed E-state index contributed by atoms with van der Waals surface area (Å²) in [7, 11) is 0. The molecule has 3 rings (SSSR count). The summed E-state index contributed by atoms with van der Waals surface area (Å²) in [5, 5.41) is 19.1. The Kier molecular flexibility index (Phi) is 3.07. The predicted molar refractivity (Wildman–Crippen MR) is 75.2 cm³/mol. The van der Waals surface area contributed by atoms with Crippen LogP contribution in [0.4, 0.5) is 5.69 Å². The number of H-pyrrole nitrogens is 1. The highest BCUT2D eigenvalue weighted by atomic mass is 16.4. The highest BCUT2D eigenvalue weighted by Crippen LogP contribution is 2.17. The molecular weight excluding hydrogens is 272 g/mol. The zero-order valence-electron chi connectivity index (χ0n) is 10.7. The van der Waals surface area contributed by atoms with Gasteiger partial charge in [0, 0.05) is 17.1 Å². The van der Waals surface area contributed by atoms with Gasteiger partial charge in [-0.25, -0.2) is 4.79 Å². The van der Waals surface area contributed by atoms with Crippen LogP contribution in [0.15, 0.2) is 42.9 Å². The number of rotatable bonds is 3. The van der Waals surface area contributed by atoms with E-state index in [1.54, 1.807) is 24.4 Å². The number of amides is 1. The van der Waals surface area contributed by atoms with Gasteiger partial charge in [-0.15, -0.1) is 0 Å². The number of carbonyl (C=O) groups excluding carboxylic acids is 1. The quantitative estimate of drug-likeness (QED) is 0.680. The maximum Gasteiger partial charge on any atom is 0.337 e. The first-order valence-corrected chi connectivity index (χ1v) is 6.07. The van der Waals surface area contributed by atoms with E-state index in [9.17, 15) is 9.59 Å². The monoisotopic (exact) mass is 282 g/mol. The number of aromatic amines is 1. The summed E-state index contributed by atoms with van der Waals surface area (Å²) in [6.45, 7) is 0. The van der Waals surface area contributed by atoms with Crippen LogP contribution < -0.4 is 5.32 Å². The molecule has 2 aromatic heterocycles. The van der Waals surface area contributed by atoms with Crippen molar-refractivity contribution in [2.24, 2.45) is 0 Å². The van der Waals surface area contributed by atoms with E-state index < -0.39 is 11.9 Å². The molecule has 0 aliphatic heterocycles. The number of fused-ring (bicyclic) bond motifs is 1. The second kappa shape index (κ2) is 5.04. The summed E-state index contributed by atoms with van der Waals surface area (Å²) in [6.07, 6.45) is 4.27. The van der Waals surface area contributed by atoms with Crippen LogP contribution >= 0.6 is 0 Å². The molecule has 2 heterocycles. The molecule has 0 spiro atoms. The molecule has 0 aliphatic rings. The lowest BCUT2D eigenvalue weighted by atomic mass is 10.1. The van der Waals surface area contributed by atoms with Crippen LogP contribution in [0.2, 0.25) is 0 Å². The summed E-state index contributed by atoms with van der Waals surface area (Å²) in [6, 6.07) is 6.37. The van der Waals surface area contributed by atoms with Gasteiger partial charge in [-0.3, -0.25) is 14.9 Å². The van der Waals surface area contributed by atoms with Crippen molar-refractivity contribution in [2.75, 3.05) is 5.32 Å². The molecule has 0 bridgehead atoms. The molecule has 7 nitrogen and oxygen atoms in total. The molecule has 1 amide bonds. The number of aromatic nitrogens is 3. The number of nitrogens with one attached hydrogen (secondary N) is 2. The van der Waals surface area contributed by atoms with Crippen molar-refractivity contribution < 1.29 is 14.7 Å². The van der Waals surface area contributed by atoms with Gasteiger partial charge in [0.15, 0.2) is 0 Å². The Hall–Kier alpha value is -3.22. The number of anilines is 1. The molecule has 0 atom stereocenters. The molecule has 104 valence electrons. The van der Waals surface area contributed by atoms with Gasteiger partial charge in [-0.05, 0) is 24.3 Å². The van der Waals surface area contributed by atoms with Crippen LogP contribution in [0.25, 0.3) is 10.9 Å². The van der Waals surface area contributed by atoms with Crippen molar-refractivity contribution in [3.05, 3.63) is 54.0 Å². The van der Waals surface area contributed by atoms with Gasteiger partial charge in [0.05, 0.1) is 29.2 Å². The Labute approximate surface area is 118 Å². The van der Waals surface area contributed by atoms with Crippen LogP contribution in [0.5, 0.6) is 0 Å². The number of carbonyl (C=O) groups is 2. The first-order chi connectivity index (χ1) is 10.1. The minimum Gasteiger partial charge on any atom is -0.478 e. The first kappa shape index (κ1) is 12.8. The second-order valence-corrected chi connectivity index (χ2v) is 4.35. The van der Waals surface area contributed by atoms with Crippen LogP contribution in [0.3, 0.4) is 0 Å². The third-order valence-corrected chi connectivity index (χ3v) is 3.00. The summed E-state index contributed by atoms with van der Waals surface area (Å²) < 4.78 is 0. The van der Waals surface area contributed by atoms with Gasteiger partial charge in [0.25, 0.3) is 5.91 Å². The third-order valence-electron chi connectivity index (χ3n) is 3.00. The maximum absolute atomic E-state index is 12.2. The fourth-order valence-electron chi connectivity index (χ4n) is 1.96. The SMILES string of the molecule is O=C(Nc1cnccc1C(=O)O)c1ccc2[nH]ncc2c1. The summed E-state index contributed by atoms with van der Waals surface area (Å²) >= 11 is 0. The Morgan fingerprint density at radius 2 is 2.05 bits per heavy atom. The molecule has 0 saturated heterocycles. The molecule has 0 saturated carbocycles. The van der Waals surface area contributed by atoms with E-state index in [4.69, 9.17) is 5.11 Å². The van der Waals surface area contributed by atoms with Crippen molar-refractivity contribution >= 4 is 28.5 Å². The number of nitrogens with zero attached hydrogens (tertiary/aromatic N) is 2. The topological polar surface area (TPSA) is 108 Å². The molecule has 7 heteroatoms. The number of benzene rings is 1. The van der Waals surface area contributed by atoms with Gasteiger partial charge in [0.1, 0.15) is 0 Å². The van der Waals surface area contributed by atoms with Crippen molar-refractivity contribution in [2.45, 2.75) is 0 Å². The zero-order chi connectivity index (χ0) is 14.8. The van der Waals surface area contributed by atoms with E-state index in [1.165, 1.54) is 18.5 Å². The lowest BCUT2D eigenvalue weighted by Crippen LogP contribution is -2.15. The molecule has 1 aromatic carbocycles. The number of carboxylic acids is 1. The zero-order valence-corrected chi connectivity index (χ0v) is 10.7. The lowest BCUT2D eigenvalue weighted by Gasteiger charge is -2.07. The largest absolute Gasteiger partial charge is 0.478 e. The van der Waals surface area contributed by atoms with Crippen molar-refractivity contribution in [1.82, 2.24) is 15.2 Å². The molecule has 3 N–H and O–H groups in total. The minimum absolute atomic E-state index is 0.0114. The van der Waals surface area contributed by atoms with Crippen LogP contribution in [-0.2, 0) is 0 Å². The molecular formula is C14H10N4O3. The summed E-state index contributed by atoms with van der Waals surface area (Å²) in [5.41, 5.74) is 1.37. The van der Waals surface area contributed by atoms with Gasteiger partial charge >= 0.3 is 5.97 Å². The van der Waals surface area contributed by atoms with Gasteiger partial charge < -0.3 is 10.4 Å². The van der Waals surface area contributed by atoms with E-state index in [2.05, 4.69) is 20.5 Å². The number of aromatic carboxylic acids is 1. The van der Waals surface area contributed by atoms with Crippen molar-refractivity contribution in [3.63, 3.8) is 0 Å². The molecule has 0 unspecified atom stereocenters. The van der Waals surface area contributed by atoms with Gasteiger partial charge in [0.2, 0.25) is 0 Å². The number of carboxylic acid groups (broad SMARTS) is 1. The van der Waals surface area contributed by atoms with Gasteiger partial charge in [-0.1, -0.05) is 0 Å². The molecule has 0 fully saturated rings. The fraction of sp³-hybridized carbons (Fsp3) is 0. The van der Waals surface area contributed by atoms with Crippen LogP contribution in [0, 0.1) is 0 Å². The van der Waals surface area contributed by atoms with Crippen LogP contribution in [0.1, 0.15) is 20.7 Å². The standard InChI is InChI=1S/C14H10N4O3/c19-13(8-1-2-11-9(5-8)6-16-18-11)17-12-7-15-4-3-10(12)14(20)21/h1-7H,(H,16,18)(H,17,19)(H,20,21). The van der Waals surface area contributed by atoms with E-state index in [1.807, 2.05) is 0 Å². The number of pyridine rings is 1. The van der Waals surface area contributed by atoms with Gasteiger partial charge in [-0.2, -0.15) is 5.10 Å². The second-order valence-electron chi connectivity index (χ2n) is 4.35. The highest BCUT2D eigenvalue weighted by Gasteiger charge is 2.14. The highest BCUT2D eigenvalue weighted by molar-refractivity contribution is 6.08. The van der Waals surface area contributed by atoms with Crippen molar-refractivity contribution in [3.8, 4) is 0 Å². The average molecular weight is 282 g/mol. The molecule has 0 aliphatic carbocycles.